The van der Waals surface area contributed by atoms with Crippen LogP contribution in [0.4, 0.5) is 0 Å². The summed E-state index contributed by atoms with van der Waals surface area (Å²) in [6.07, 6.45) is 5.25. The van der Waals surface area contributed by atoms with E-state index in [1.165, 1.54) is 0 Å². The van der Waals surface area contributed by atoms with E-state index in [0.717, 1.165) is 48.6 Å². The number of rotatable bonds is 6. The molecular weight excluding hydrogens is 288 g/mol. The van der Waals surface area contributed by atoms with Crippen molar-refractivity contribution in [3.63, 3.8) is 0 Å². The van der Waals surface area contributed by atoms with E-state index < -0.39 is 0 Å². The first-order valence-corrected chi connectivity index (χ1v) is 7.54. The Bertz CT molecular complexity index is 718. The number of imidazole rings is 1. The number of fused-ring (bicyclic) bond motifs is 1. The van der Waals surface area contributed by atoms with Crippen LogP contribution in [-0.4, -0.2) is 35.4 Å². The summed E-state index contributed by atoms with van der Waals surface area (Å²) in [6, 6.07) is 4.00. The predicted octanol–water partition coefficient (Wildman–Crippen LogP) is 2.20. The summed E-state index contributed by atoms with van der Waals surface area (Å²) in [5.74, 6) is 1.56. The lowest BCUT2D eigenvalue weighted by Gasteiger charge is -2.08. The summed E-state index contributed by atoms with van der Waals surface area (Å²) in [4.78, 5) is 9.26. The number of hydrogen-bond donors (Lipinski definition) is 0. The van der Waals surface area contributed by atoms with Gasteiger partial charge in [-0.05, 0) is 25.5 Å². The minimum Gasteiger partial charge on any atom is -0.313 e. The third-order valence-corrected chi connectivity index (χ3v) is 3.56. The van der Waals surface area contributed by atoms with Crippen molar-refractivity contribution >= 4 is 22.8 Å². The molecule has 0 saturated heterocycles. The number of alkyl halides is 1. The standard InChI is InChI=1S/C14H17ClN6/c1-11-3-4-12-14(17-11)21(13(18-12)5-6-15)9-2-8-20-10-7-16-19-20/h3-4,7,10H,2,5-6,8-9H2,1H3. The van der Waals surface area contributed by atoms with Gasteiger partial charge in [-0.25, -0.2) is 9.97 Å². The lowest BCUT2D eigenvalue weighted by molar-refractivity contribution is 0.511. The molecular formula is C14H17ClN6. The molecule has 3 heterocycles. The molecule has 0 bridgehead atoms. The minimum atomic E-state index is 0.561. The first-order valence-electron chi connectivity index (χ1n) is 7.01. The fraction of sp³-hybridized carbons (Fsp3) is 0.429. The van der Waals surface area contributed by atoms with Crippen molar-refractivity contribution in [2.75, 3.05) is 5.88 Å². The molecule has 0 unspecified atom stereocenters. The number of aromatic nitrogens is 6. The average Bonchev–Trinajstić information content (AvgIpc) is 3.08. The van der Waals surface area contributed by atoms with Gasteiger partial charge in [0.15, 0.2) is 5.65 Å². The Morgan fingerprint density at radius 3 is 2.86 bits per heavy atom. The Hall–Kier alpha value is -1.95. The summed E-state index contributed by atoms with van der Waals surface area (Å²) < 4.78 is 4.00. The van der Waals surface area contributed by atoms with E-state index in [2.05, 4.69) is 24.8 Å². The maximum absolute atomic E-state index is 5.89. The quantitative estimate of drug-likeness (QED) is 0.655. The van der Waals surface area contributed by atoms with Gasteiger partial charge in [0.2, 0.25) is 0 Å². The fourth-order valence-electron chi connectivity index (χ4n) is 2.40. The molecule has 0 atom stereocenters. The number of halogens is 1. The van der Waals surface area contributed by atoms with Crippen LogP contribution in [0.5, 0.6) is 0 Å². The molecule has 0 aliphatic rings. The molecule has 0 aromatic carbocycles. The topological polar surface area (TPSA) is 61.4 Å². The molecule has 0 aliphatic heterocycles. The highest BCUT2D eigenvalue weighted by molar-refractivity contribution is 6.17. The van der Waals surface area contributed by atoms with Crippen LogP contribution in [0, 0.1) is 6.92 Å². The van der Waals surface area contributed by atoms with Gasteiger partial charge in [0.25, 0.3) is 0 Å². The van der Waals surface area contributed by atoms with Crippen LogP contribution in [0.1, 0.15) is 17.9 Å². The average molecular weight is 305 g/mol. The Morgan fingerprint density at radius 1 is 1.19 bits per heavy atom. The van der Waals surface area contributed by atoms with Crippen molar-refractivity contribution in [2.24, 2.45) is 0 Å². The van der Waals surface area contributed by atoms with Crippen LogP contribution in [0.15, 0.2) is 24.5 Å². The first kappa shape index (κ1) is 14.0. The minimum absolute atomic E-state index is 0.561. The molecule has 0 radical (unpaired) electrons. The van der Waals surface area contributed by atoms with Gasteiger partial charge in [0, 0.05) is 37.3 Å². The van der Waals surface area contributed by atoms with Gasteiger partial charge in [-0.3, -0.25) is 4.68 Å². The molecule has 7 heteroatoms. The Kier molecular flexibility index (Phi) is 4.15. The molecule has 110 valence electrons. The molecule has 0 spiro atoms. The maximum atomic E-state index is 5.89. The molecule has 21 heavy (non-hydrogen) atoms. The van der Waals surface area contributed by atoms with Gasteiger partial charge in [0.05, 0.1) is 6.20 Å². The summed E-state index contributed by atoms with van der Waals surface area (Å²) in [7, 11) is 0. The molecule has 3 aromatic heterocycles. The number of aryl methyl sites for hydroxylation is 4. The number of hydrogen-bond acceptors (Lipinski definition) is 4. The Morgan fingerprint density at radius 2 is 2.10 bits per heavy atom. The summed E-state index contributed by atoms with van der Waals surface area (Å²) >= 11 is 5.89. The van der Waals surface area contributed by atoms with Gasteiger partial charge in [0.1, 0.15) is 11.3 Å². The zero-order chi connectivity index (χ0) is 14.7. The zero-order valence-corrected chi connectivity index (χ0v) is 12.7. The van der Waals surface area contributed by atoms with Crippen LogP contribution in [0.2, 0.25) is 0 Å². The van der Waals surface area contributed by atoms with E-state index in [0.29, 0.717) is 5.88 Å². The first-order chi connectivity index (χ1) is 10.3. The zero-order valence-electron chi connectivity index (χ0n) is 11.9. The summed E-state index contributed by atoms with van der Waals surface area (Å²) in [5.41, 5.74) is 2.87. The van der Waals surface area contributed by atoms with Crippen LogP contribution >= 0.6 is 11.6 Å². The molecule has 6 nitrogen and oxygen atoms in total. The van der Waals surface area contributed by atoms with Crippen molar-refractivity contribution in [1.29, 1.82) is 0 Å². The van der Waals surface area contributed by atoms with E-state index >= 15 is 0 Å². The van der Waals surface area contributed by atoms with Crippen molar-refractivity contribution < 1.29 is 0 Å². The van der Waals surface area contributed by atoms with Gasteiger partial charge in [-0.1, -0.05) is 5.21 Å². The molecule has 0 fully saturated rings. The summed E-state index contributed by atoms with van der Waals surface area (Å²) in [6.45, 7) is 3.66. The number of pyridine rings is 1. The van der Waals surface area contributed by atoms with Gasteiger partial charge >= 0.3 is 0 Å². The van der Waals surface area contributed by atoms with Crippen molar-refractivity contribution in [1.82, 2.24) is 29.5 Å². The molecule has 0 aliphatic carbocycles. The highest BCUT2D eigenvalue weighted by atomic mass is 35.5. The third kappa shape index (κ3) is 3.05. The van der Waals surface area contributed by atoms with Crippen LogP contribution < -0.4 is 0 Å². The SMILES string of the molecule is Cc1ccc2nc(CCCl)n(CCCn3ccnn3)c2n1. The largest absolute Gasteiger partial charge is 0.313 e. The number of nitrogens with zero attached hydrogens (tertiary/aromatic N) is 6. The monoisotopic (exact) mass is 304 g/mol. The lowest BCUT2D eigenvalue weighted by atomic mass is 10.3. The highest BCUT2D eigenvalue weighted by Gasteiger charge is 2.11. The van der Waals surface area contributed by atoms with Crippen LogP contribution in [0.25, 0.3) is 11.2 Å². The highest BCUT2D eigenvalue weighted by Crippen LogP contribution is 2.16. The van der Waals surface area contributed by atoms with E-state index in [1.807, 2.05) is 29.9 Å². The molecule has 3 aromatic rings. The summed E-state index contributed by atoms with van der Waals surface area (Å²) in [5, 5.41) is 7.79. The van der Waals surface area contributed by atoms with E-state index in [1.54, 1.807) is 6.20 Å². The van der Waals surface area contributed by atoms with Crippen molar-refractivity contribution in [3.8, 4) is 0 Å². The Balaban J connectivity index is 1.83. The molecule has 0 N–H and O–H groups in total. The normalized spacial score (nSPS) is 11.3. The van der Waals surface area contributed by atoms with Gasteiger partial charge < -0.3 is 4.57 Å². The van der Waals surface area contributed by atoms with Crippen LogP contribution in [-0.2, 0) is 19.5 Å². The molecule has 0 amide bonds. The molecule has 0 saturated carbocycles. The van der Waals surface area contributed by atoms with E-state index in [4.69, 9.17) is 11.6 Å². The van der Waals surface area contributed by atoms with Gasteiger partial charge in [-0.2, -0.15) is 0 Å². The van der Waals surface area contributed by atoms with Crippen molar-refractivity contribution in [3.05, 3.63) is 36.0 Å². The predicted molar refractivity (Wildman–Crippen MR) is 81.3 cm³/mol. The smallest absolute Gasteiger partial charge is 0.160 e. The van der Waals surface area contributed by atoms with Gasteiger partial charge in [-0.15, -0.1) is 16.7 Å². The lowest BCUT2D eigenvalue weighted by Crippen LogP contribution is -2.09. The Labute approximate surface area is 127 Å². The third-order valence-electron chi connectivity index (χ3n) is 3.37. The van der Waals surface area contributed by atoms with E-state index in [9.17, 15) is 0 Å². The van der Waals surface area contributed by atoms with E-state index in [-0.39, 0.29) is 0 Å². The molecule has 3 rings (SSSR count). The second-order valence-corrected chi connectivity index (χ2v) is 5.31. The van der Waals surface area contributed by atoms with Crippen LogP contribution in [0.3, 0.4) is 0 Å². The van der Waals surface area contributed by atoms with Crippen molar-refractivity contribution in [2.45, 2.75) is 32.9 Å². The maximum Gasteiger partial charge on any atom is 0.160 e. The second kappa shape index (κ2) is 6.22. The second-order valence-electron chi connectivity index (χ2n) is 4.93. The fourth-order valence-corrected chi connectivity index (χ4v) is 2.57.